The van der Waals surface area contributed by atoms with Crippen LogP contribution in [-0.2, 0) is 6.61 Å². The van der Waals surface area contributed by atoms with Gasteiger partial charge in [-0.25, -0.2) is 0 Å². The van der Waals surface area contributed by atoms with E-state index in [4.69, 9.17) is 15.2 Å². The molecule has 2 rings (SSSR count). The molecule has 0 aromatic heterocycles. The fraction of sp³-hybridized carbons (Fsp3) is 0.294. The summed E-state index contributed by atoms with van der Waals surface area (Å²) in [6.07, 6.45) is 0. The molecule has 106 valence electrons. The number of nitrogen functional groups attached to an aromatic ring is 1. The molecule has 0 spiro atoms. The Morgan fingerprint density at radius 3 is 2.45 bits per heavy atom. The first-order valence-corrected chi connectivity index (χ1v) is 6.84. The monoisotopic (exact) mass is 271 g/mol. The smallest absolute Gasteiger partial charge is 0.146 e. The number of hydrogen-bond donors (Lipinski definition) is 1. The van der Waals surface area contributed by atoms with Crippen molar-refractivity contribution in [1.29, 1.82) is 0 Å². The molecule has 0 amide bonds. The van der Waals surface area contributed by atoms with E-state index in [2.05, 4.69) is 13.8 Å². The van der Waals surface area contributed by atoms with Gasteiger partial charge in [0.2, 0.25) is 0 Å². The minimum Gasteiger partial charge on any atom is -0.493 e. The normalized spacial score (nSPS) is 10.6. The Balaban J connectivity index is 2.01. The summed E-state index contributed by atoms with van der Waals surface area (Å²) in [6.45, 7) is 5.41. The van der Waals surface area contributed by atoms with Crippen LogP contribution in [0, 0.1) is 5.92 Å². The number of hydrogen-bond acceptors (Lipinski definition) is 3. The highest BCUT2D eigenvalue weighted by Crippen LogP contribution is 2.28. The number of rotatable bonds is 6. The Morgan fingerprint density at radius 2 is 1.75 bits per heavy atom. The molecule has 0 atom stereocenters. The van der Waals surface area contributed by atoms with Gasteiger partial charge in [-0.2, -0.15) is 0 Å². The maximum absolute atomic E-state index is 5.93. The summed E-state index contributed by atoms with van der Waals surface area (Å²) in [5, 5.41) is 0. The second kappa shape index (κ2) is 6.85. The molecule has 3 nitrogen and oxygen atoms in total. The number of anilines is 1. The molecule has 0 radical (unpaired) electrons. The van der Waals surface area contributed by atoms with Gasteiger partial charge in [0.05, 0.1) is 12.3 Å². The summed E-state index contributed by atoms with van der Waals surface area (Å²) in [6, 6.07) is 15.5. The number of benzene rings is 2. The maximum Gasteiger partial charge on any atom is 0.146 e. The zero-order valence-corrected chi connectivity index (χ0v) is 12.0. The molecule has 0 saturated carbocycles. The summed E-state index contributed by atoms with van der Waals surface area (Å²) in [7, 11) is 0. The van der Waals surface area contributed by atoms with E-state index in [-0.39, 0.29) is 0 Å². The van der Waals surface area contributed by atoms with Crippen LogP contribution in [0.3, 0.4) is 0 Å². The van der Waals surface area contributed by atoms with Crippen molar-refractivity contribution < 1.29 is 9.47 Å². The van der Waals surface area contributed by atoms with Crippen molar-refractivity contribution in [3.05, 3.63) is 54.1 Å². The molecule has 0 fully saturated rings. The van der Waals surface area contributed by atoms with E-state index < -0.39 is 0 Å². The van der Waals surface area contributed by atoms with Crippen LogP contribution < -0.4 is 15.2 Å². The molecule has 0 unspecified atom stereocenters. The lowest BCUT2D eigenvalue weighted by molar-refractivity contribution is 0.266. The van der Waals surface area contributed by atoms with Crippen molar-refractivity contribution in [3.8, 4) is 11.5 Å². The average molecular weight is 271 g/mol. The van der Waals surface area contributed by atoms with E-state index in [1.165, 1.54) is 0 Å². The Morgan fingerprint density at radius 1 is 1.00 bits per heavy atom. The van der Waals surface area contributed by atoms with Crippen LogP contribution in [0.1, 0.15) is 19.4 Å². The number of ether oxygens (including phenoxy) is 2. The highest BCUT2D eigenvalue weighted by molar-refractivity contribution is 5.55. The summed E-state index contributed by atoms with van der Waals surface area (Å²) in [5.41, 5.74) is 7.66. The highest BCUT2D eigenvalue weighted by Gasteiger charge is 2.05. The van der Waals surface area contributed by atoms with Gasteiger partial charge in [-0.1, -0.05) is 44.2 Å². The first kappa shape index (κ1) is 14.3. The van der Waals surface area contributed by atoms with E-state index in [9.17, 15) is 0 Å². The molecule has 2 N–H and O–H groups in total. The van der Waals surface area contributed by atoms with E-state index in [0.717, 1.165) is 11.3 Å². The van der Waals surface area contributed by atoms with Crippen LogP contribution >= 0.6 is 0 Å². The molecular formula is C17H21NO2. The summed E-state index contributed by atoms with van der Waals surface area (Å²) >= 11 is 0. The van der Waals surface area contributed by atoms with Gasteiger partial charge in [0.25, 0.3) is 0 Å². The maximum atomic E-state index is 5.93. The summed E-state index contributed by atoms with van der Waals surface area (Å²) in [5.74, 6) is 1.94. The molecule has 2 aromatic carbocycles. The molecule has 0 bridgehead atoms. The average Bonchev–Trinajstić information content (AvgIpc) is 2.46. The molecule has 0 aliphatic heterocycles. The minimum absolute atomic E-state index is 0.487. The van der Waals surface area contributed by atoms with E-state index in [1.807, 2.05) is 48.5 Å². The van der Waals surface area contributed by atoms with Gasteiger partial charge in [0.15, 0.2) is 0 Å². The third-order valence-electron chi connectivity index (χ3n) is 2.81. The van der Waals surface area contributed by atoms with Gasteiger partial charge in [-0.15, -0.1) is 0 Å². The summed E-state index contributed by atoms with van der Waals surface area (Å²) < 4.78 is 11.4. The van der Waals surface area contributed by atoms with Crippen molar-refractivity contribution in [2.75, 3.05) is 12.3 Å². The topological polar surface area (TPSA) is 44.5 Å². The molecule has 3 heteroatoms. The fourth-order valence-corrected chi connectivity index (χ4v) is 1.73. The Hall–Kier alpha value is -2.16. The van der Waals surface area contributed by atoms with Gasteiger partial charge in [-0.3, -0.25) is 0 Å². The van der Waals surface area contributed by atoms with Gasteiger partial charge < -0.3 is 15.2 Å². The molecule has 0 heterocycles. The van der Waals surface area contributed by atoms with Gasteiger partial charge >= 0.3 is 0 Å². The van der Waals surface area contributed by atoms with Crippen LogP contribution in [0.25, 0.3) is 0 Å². The molecule has 0 aliphatic rings. The van der Waals surface area contributed by atoms with E-state index in [0.29, 0.717) is 30.6 Å². The summed E-state index contributed by atoms with van der Waals surface area (Å²) in [4.78, 5) is 0. The molecule has 2 aromatic rings. The predicted octanol–water partition coefficient (Wildman–Crippen LogP) is 3.88. The third-order valence-corrected chi connectivity index (χ3v) is 2.81. The van der Waals surface area contributed by atoms with Crippen molar-refractivity contribution in [1.82, 2.24) is 0 Å². The van der Waals surface area contributed by atoms with Gasteiger partial charge in [0, 0.05) is 6.07 Å². The lowest BCUT2D eigenvalue weighted by Crippen LogP contribution is -2.05. The van der Waals surface area contributed by atoms with Crippen molar-refractivity contribution in [2.45, 2.75) is 20.5 Å². The Labute approximate surface area is 120 Å². The van der Waals surface area contributed by atoms with Crippen molar-refractivity contribution in [3.63, 3.8) is 0 Å². The van der Waals surface area contributed by atoms with Crippen LogP contribution in [-0.4, -0.2) is 6.61 Å². The largest absolute Gasteiger partial charge is 0.493 e. The second-order valence-electron chi connectivity index (χ2n) is 5.18. The van der Waals surface area contributed by atoms with Crippen LogP contribution in [0.4, 0.5) is 5.69 Å². The molecule has 20 heavy (non-hydrogen) atoms. The lowest BCUT2D eigenvalue weighted by atomic mass is 10.2. The van der Waals surface area contributed by atoms with Crippen molar-refractivity contribution in [2.24, 2.45) is 5.92 Å². The van der Waals surface area contributed by atoms with Gasteiger partial charge in [0.1, 0.15) is 18.1 Å². The lowest BCUT2D eigenvalue weighted by Gasteiger charge is -2.13. The molecule has 0 aliphatic carbocycles. The second-order valence-corrected chi connectivity index (χ2v) is 5.18. The standard InChI is InChI=1S/C17H21NO2/c1-13(2)11-19-15-8-9-16(18)17(10-15)20-12-14-6-4-3-5-7-14/h3-10,13H,11-12,18H2,1-2H3. The zero-order chi connectivity index (χ0) is 14.4. The highest BCUT2D eigenvalue weighted by atomic mass is 16.5. The van der Waals surface area contributed by atoms with Crippen LogP contribution in [0.15, 0.2) is 48.5 Å². The number of nitrogens with two attached hydrogens (primary N) is 1. The van der Waals surface area contributed by atoms with Crippen LogP contribution in [0.2, 0.25) is 0 Å². The zero-order valence-electron chi connectivity index (χ0n) is 12.0. The first-order chi connectivity index (χ1) is 9.65. The third kappa shape index (κ3) is 4.19. The minimum atomic E-state index is 0.487. The molecule has 0 saturated heterocycles. The predicted molar refractivity (Wildman–Crippen MR) is 82.0 cm³/mol. The van der Waals surface area contributed by atoms with E-state index in [1.54, 1.807) is 0 Å². The quantitative estimate of drug-likeness (QED) is 0.811. The SMILES string of the molecule is CC(C)COc1ccc(N)c(OCc2ccccc2)c1. The van der Waals surface area contributed by atoms with Gasteiger partial charge in [-0.05, 0) is 23.6 Å². The van der Waals surface area contributed by atoms with Crippen LogP contribution in [0.5, 0.6) is 11.5 Å². The molecular weight excluding hydrogens is 250 g/mol. The van der Waals surface area contributed by atoms with E-state index >= 15 is 0 Å². The Kier molecular flexibility index (Phi) is 4.88. The first-order valence-electron chi connectivity index (χ1n) is 6.84. The Bertz CT molecular complexity index is 538. The van der Waals surface area contributed by atoms with Crippen molar-refractivity contribution >= 4 is 5.69 Å². The fourth-order valence-electron chi connectivity index (χ4n) is 1.73.